The lowest BCUT2D eigenvalue weighted by Crippen LogP contribution is -3.11. The zero-order valence-electron chi connectivity index (χ0n) is 16.6. The summed E-state index contributed by atoms with van der Waals surface area (Å²) in [6.45, 7) is 3.74. The van der Waals surface area contributed by atoms with Crippen LogP contribution in [0.25, 0.3) is 0 Å². The third-order valence-electron chi connectivity index (χ3n) is 4.18. The number of rotatable bonds is 9. The Kier molecular flexibility index (Phi) is 7.53. The molecule has 154 valence electrons. The Balaban J connectivity index is 2.07. The molecule has 3 amide bonds. The number of nitrogens with one attached hydrogen (secondary N) is 4. The fourth-order valence-corrected chi connectivity index (χ4v) is 3.83. The molecule has 0 aliphatic heterocycles. The van der Waals surface area contributed by atoms with Crippen LogP contribution in [0.5, 0.6) is 0 Å². The highest BCUT2D eigenvalue weighted by molar-refractivity contribution is 7.18. The first-order valence-electron chi connectivity index (χ1n) is 9.19. The quantitative estimate of drug-likeness (QED) is 0.402. The van der Waals surface area contributed by atoms with E-state index in [2.05, 4.69) is 16.0 Å². The van der Waals surface area contributed by atoms with Gasteiger partial charge in [-0.25, -0.2) is 4.79 Å². The molecule has 4 N–H and O–H groups in total. The van der Waals surface area contributed by atoms with Crippen molar-refractivity contribution in [3.8, 4) is 0 Å². The second-order valence-electron chi connectivity index (χ2n) is 6.76. The minimum absolute atomic E-state index is 0.0482. The average molecular weight is 412 g/mol. The molecule has 1 atom stereocenters. The maximum Gasteiger partial charge on any atom is 0.341 e. The molecule has 28 heavy (non-hydrogen) atoms. The van der Waals surface area contributed by atoms with Gasteiger partial charge in [0, 0.05) is 13.1 Å². The molecule has 1 fully saturated rings. The SMILES string of the molecule is CCOC(=O)c1c(NC(=O)C[NH+](C)CC(=O)NC2CC2)sc(C(=O)NC)c1C. The number of carbonyl (C=O) groups excluding carboxylic acids is 4. The van der Waals surface area contributed by atoms with Crippen molar-refractivity contribution in [3.05, 3.63) is 16.0 Å². The molecule has 1 aliphatic rings. The number of thiophene rings is 1. The first-order chi connectivity index (χ1) is 13.3. The predicted octanol–water partition coefficient (Wildman–Crippen LogP) is -0.675. The fraction of sp³-hybridized carbons (Fsp3) is 0.556. The van der Waals surface area contributed by atoms with Gasteiger partial charge in [0.05, 0.1) is 24.1 Å². The molecule has 1 unspecified atom stereocenters. The normalized spacial score (nSPS) is 14.1. The Labute approximate surface area is 167 Å². The number of likely N-dealkylation sites (N-methyl/N-ethyl adjacent to an activating group) is 1. The second-order valence-corrected chi connectivity index (χ2v) is 7.78. The van der Waals surface area contributed by atoms with Crippen LogP contribution in [0.4, 0.5) is 5.00 Å². The van der Waals surface area contributed by atoms with Crippen LogP contribution in [0.15, 0.2) is 0 Å². The molecular weight excluding hydrogens is 384 g/mol. The van der Waals surface area contributed by atoms with E-state index in [4.69, 9.17) is 4.74 Å². The summed E-state index contributed by atoms with van der Waals surface area (Å²) in [4.78, 5) is 49.7. The Bertz CT molecular complexity index is 772. The van der Waals surface area contributed by atoms with Crippen LogP contribution in [0.2, 0.25) is 0 Å². The van der Waals surface area contributed by atoms with Crippen molar-refractivity contribution in [2.45, 2.75) is 32.7 Å². The summed E-state index contributed by atoms with van der Waals surface area (Å²) in [6.07, 6.45) is 2.01. The number of quaternary nitrogens is 1. The predicted molar refractivity (Wildman–Crippen MR) is 105 cm³/mol. The summed E-state index contributed by atoms with van der Waals surface area (Å²) in [5, 5.41) is 8.37. The molecule has 1 heterocycles. The lowest BCUT2D eigenvalue weighted by atomic mass is 10.1. The first-order valence-corrected chi connectivity index (χ1v) is 10.0. The van der Waals surface area contributed by atoms with Crippen LogP contribution in [0.1, 0.15) is 45.4 Å². The summed E-state index contributed by atoms with van der Waals surface area (Å²) in [6, 6.07) is 0.276. The largest absolute Gasteiger partial charge is 0.462 e. The van der Waals surface area contributed by atoms with Gasteiger partial charge in [-0.2, -0.15) is 0 Å². The Hall–Kier alpha value is -2.46. The fourth-order valence-electron chi connectivity index (χ4n) is 2.67. The van der Waals surface area contributed by atoms with Gasteiger partial charge in [-0.05, 0) is 32.3 Å². The summed E-state index contributed by atoms with van der Waals surface area (Å²) in [7, 11) is 3.24. The van der Waals surface area contributed by atoms with Crippen molar-refractivity contribution in [1.29, 1.82) is 0 Å². The van der Waals surface area contributed by atoms with Crippen LogP contribution in [0.3, 0.4) is 0 Å². The van der Waals surface area contributed by atoms with Gasteiger partial charge in [0.1, 0.15) is 5.00 Å². The van der Waals surface area contributed by atoms with E-state index in [1.54, 1.807) is 20.9 Å². The number of ether oxygens (including phenoxy) is 1. The van der Waals surface area contributed by atoms with Crippen LogP contribution >= 0.6 is 11.3 Å². The van der Waals surface area contributed by atoms with E-state index in [0.29, 0.717) is 15.3 Å². The summed E-state index contributed by atoms with van der Waals surface area (Å²) < 4.78 is 5.06. The minimum atomic E-state index is -0.591. The average Bonchev–Trinajstić information content (AvgIpc) is 3.36. The van der Waals surface area contributed by atoms with Crippen molar-refractivity contribution in [1.82, 2.24) is 10.6 Å². The summed E-state index contributed by atoms with van der Waals surface area (Å²) in [5.74, 6) is -1.37. The van der Waals surface area contributed by atoms with Gasteiger partial charge < -0.3 is 25.6 Å². The van der Waals surface area contributed by atoms with Crippen LogP contribution in [-0.4, -0.2) is 63.5 Å². The molecule has 0 spiro atoms. The smallest absolute Gasteiger partial charge is 0.341 e. The van der Waals surface area contributed by atoms with Gasteiger partial charge in [0.25, 0.3) is 17.7 Å². The van der Waals surface area contributed by atoms with Crippen LogP contribution in [-0.2, 0) is 14.3 Å². The van der Waals surface area contributed by atoms with Gasteiger partial charge in [-0.3, -0.25) is 14.4 Å². The molecule has 0 aromatic carbocycles. The molecule has 0 bridgehead atoms. The van der Waals surface area contributed by atoms with Gasteiger partial charge >= 0.3 is 5.97 Å². The van der Waals surface area contributed by atoms with Gasteiger partial charge in [-0.1, -0.05) is 0 Å². The van der Waals surface area contributed by atoms with Gasteiger partial charge in [-0.15, -0.1) is 11.3 Å². The van der Waals surface area contributed by atoms with Crippen molar-refractivity contribution >= 4 is 40.0 Å². The Morgan fingerprint density at radius 3 is 2.39 bits per heavy atom. The molecule has 1 aliphatic carbocycles. The molecular formula is C18H27N4O5S+. The van der Waals surface area contributed by atoms with E-state index in [-0.39, 0.29) is 54.0 Å². The van der Waals surface area contributed by atoms with Gasteiger partial charge in [0.2, 0.25) is 0 Å². The third kappa shape index (κ3) is 5.77. The van der Waals surface area contributed by atoms with Crippen LogP contribution in [0, 0.1) is 6.92 Å². The third-order valence-corrected chi connectivity index (χ3v) is 5.39. The molecule has 0 saturated heterocycles. The van der Waals surface area contributed by atoms with Crippen molar-refractivity contribution < 1.29 is 28.8 Å². The lowest BCUT2D eigenvalue weighted by Gasteiger charge is -2.13. The zero-order valence-corrected chi connectivity index (χ0v) is 17.4. The van der Waals surface area contributed by atoms with Crippen molar-refractivity contribution in [2.24, 2.45) is 0 Å². The molecule has 2 rings (SSSR count). The minimum Gasteiger partial charge on any atom is -0.462 e. The van der Waals surface area contributed by atoms with E-state index in [1.807, 2.05) is 0 Å². The van der Waals surface area contributed by atoms with E-state index in [9.17, 15) is 19.2 Å². The summed E-state index contributed by atoms with van der Waals surface area (Å²) >= 11 is 1.03. The van der Waals surface area contributed by atoms with E-state index >= 15 is 0 Å². The lowest BCUT2D eigenvalue weighted by molar-refractivity contribution is -0.862. The molecule has 1 aromatic rings. The van der Waals surface area contributed by atoms with E-state index in [1.165, 1.54) is 7.05 Å². The second kappa shape index (κ2) is 9.65. The highest BCUT2D eigenvalue weighted by Gasteiger charge is 2.28. The molecule has 0 radical (unpaired) electrons. The van der Waals surface area contributed by atoms with Crippen molar-refractivity contribution in [2.75, 3.05) is 39.1 Å². The maximum absolute atomic E-state index is 12.4. The Morgan fingerprint density at radius 2 is 1.82 bits per heavy atom. The topological polar surface area (TPSA) is 118 Å². The molecule has 10 heteroatoms. The number of carbonyl (C=O) groups is 4. The molecule has 9 nitrogen and oxygen atoms in total. The zero-order chi connectivity index (χ0) is 20.8. The van der Waals surface area contributed by atoms with Gasteiger partial charge in [0.15, 0.2) is 13.1 Å². The summed E-state index contributed by atoms with van der Waals surface area (Å²) in [5.41, 5.74) is 0.644. The number of amides is 3. The highest BCUT2D eigenvalue weighted by atomic mass is 32.1. The van der Waals surface area contributed by atoms with E-state index in [0.717, 1.165) is 24.2 Å². The first kappa shape index (κ1) is 21.8. The number of hydrogen-bond acceptors (Lipinski definition) is 6. The number of hydrogen-bond donors (Lipinski definition) is 4. The molecule has 1 aromatic heterocycles. The Morgan fingerprint density at radius 1 is 1.18 bits per heavy atom. The van der Waals surface area contributed by atoms with E-state index < -0.39 is 5.97 Å². The standard InChI is InChI=1S/C18H26N4O5S/c1-5-27-18(26)14-10(2)15(16(25)19-3)28-17(14)21-13(24)9-22(4)8-12(23)20-11-6-7-11/h11H,5-9H2,1-4H3,(H,19,25)(H,20,23)(H,21,24)/p+1. The van der Waals surface area contributed by atoms with Crippen LogP contribution < -0.4 is 20.9 Å². The number of esters is 1. The van der Waals surface area contributed by atoms with Crippen molar-refractivity contribution in [3.63, 3.8) is 0 Å². The maximum atomic E-state index is 12.4. The number of anilines is 1. The highest BCUT2D eigenvalue weighted by Crippen LogP contribution is 2.33. The monoisotopic (exact) mass is 411 g/mol. The molecule has 1 saturated carbocycles.